The van der Waals surface area contributed by atoms with Gasteiger partial charge in [-0.1, -0.05) is 6.07 Å². The first-order chi connectivity index (χ1) is 25.4. The monoisotopic (exact) mass is 763 g/mol. The molecule has 5 rings (SSSR count). The molecular formula is C36H35F2N7O8S. The van der Waals surface area contributed by atoms with Crippen LogP contribution in [0.15, 0.2) is 75.4 Å². The molecule has 1 fully saturated rings. The molecule has 1 atom stereocenters. The Kier molecular flexibility index (Phi) is 11.1. The predicted molar refractivity (Wildman–Crippen MR) is 190 cm³/mol. The molecular weight excluding hydrogens is 728 g/mol. The third-order valence-electron chi connectivity index (χ3n) is 8.49. The lowest BCUT2D eigenvalue weighted by molar-refractivity contribution is -0.149. The fraction of sp³-hybridized carbons (Fsp3) is 0.306. The number of nitrogens with one attached hydrogen (secondary N) is 3. The van der Waals surface area contributed by atoms with Crippen LogP contribution in [-0.2, 0) is 37.8 Å². The highest BCUT2D eigenvalue weighted by Crippen LogP contribution is 2.45. The quantitative estimate of drug-likeness (QED) is 0.169. The van der Waals surface area contributed by atoms with Crippen LogP contribution in [0.3, 0.4) is 0 Å². The molecule has 0 spiro atoms. The van der Waals surface area contributed by atoms with E-state index < -0.39 is 79.5 Å². The average molecular weight is 764 g/mol. The van der Waals surface area contributed by atoms with Gasteiger partial charge in [-0.25, -0.2) is 36.3 Å². The first-order valence-electron chi connectivity index (χ1n) is 16.6. The molecule has 3 N–H and O–H groups in total. The van der Waals surface area contributed by atoms with Crippen molar-refractivity contribution < 1.29 is 36.3 Å². The SMILES string of the molecule is Cc1cn(C)c(=O)n(-c2ccc(CC[C@H](NC(=O)c3cc(F)c(NS(=O)(=O)c4ccc(NC(=O)C5(C#N)CC5)cc4)cc3F)C(=O)OC(C)C)cn2)c1=O. The van der Waals surface area contributed by atoms with Gasteiger partial charge >= 0.3 is 11.7 Å². The van der Waals surface area contributed by atoms with Crippen LogP contribution in [-0.4, -0.2) is 52.5 Å². The number of nitrogens with zero attached hydrogens (tertiary/aromatic N) is 4. The van der Waals surface area contributed by atoms with E-state index in [1.807, 2.05) is 10.8 Å². The number of amides is 2. The second kappa shape index (κ2) is 15.4. The fourth-order valence-corrected chi connectivity index (χ4v) is 6.37. The van der Waals surface area contributed by atoms with Gasteiger partial charge in [-0.05, 0) is 88.4 Å². The second-order valence-electron chi connectivity index (χ2n) is 13.0. The van der Waals surface area contributed by atoms with Gasteiger partial charge in [0.1, 0.15) is 28.9 Å². The number of ether oxygens (including phenoxy) is 1. The summed E-state index contributed by atoms with van der Waals surface area (Å²) in [5.74, 6) is -5.08. The minimum Gasteiger partial charge on any atom is -0.461 e. The van der Waals surface area contributed by atoms with Crippen molar-refractivity contribution in [2.75, 3.05) is 10.0 Å². The van der Waals surface area contributed by atoms with Crippen molar-refractivity contribution in [2.24, 2.45) is 12.5 Å². The van der Waals surface area contributed by atoms with Crippen molar-refractivity contribution in [1.29, 1.82) is 5.26 Å². The van der Waals surface area contributed by atoms with Gasteiger partial charge in [0.05, 0.1) is 28.3 Å². The highest BCUT2D eigenvalue weighted by atomic mass is 32.2. The molecule has 15 nitrogen and oxygen atoms in total. The van der Waals surface area contributed by atoms with E-state index in [1.54, 1.807) is 26.8 Å². The summed E-state index contributed by atoms with van der Waals surface area (Å²) in [7, 11) is -2.98. The molecule has 54 heavy (non-hydrogen) atoms. The number of benzene rings is 2. The Balaban J connectivity index is 1.27. The Labute approximate surface area is 307 Å². The van der Waals surface area contributed by atoms with Crippen LogP contribution in [0.4, 0.5) is 20.2 Å². The summed E-state index contributed by atoms with van der Waals surface area (Å²) in [6.45, 7) is 4.72. The molecule has 4 aromatic rings. The van der Waals surface area contributed by atoms with Crippen LogP contribution in [0, 0.1) is 35.3 Å². The van der Waals surface area contributed by atoms with E-state index in [4.69, 9.17) is 4.74 Å². The zero-order valence-corrected chi connectivity index (χ0v) is 30.3. The van der Waals surface area contributed by atoms with Crippen LogP contribution in [0.25, 0.3) is 5.82 Å². The molecule has 0 saturated heterocycles. The van der Waals surface area contributed by atoms with Crippen LogP contribution >= 0.6 is 0 Å². The molecule has 2 heterocycles. The zero-order valence-electron chi connectivity index (χ0n) is 29.5. The normalized spacial score (nSPS) is 13.7. The third kappa shape index (κ3) is 8.52. The lowest BCUT2D eigenvalue weighted by Gasteiger charge is -2.20. The van der Waals surface area contributed by atoms with Crippen molar-refractivity contribution in [3.8, 4) is 11.9 Å². The van der Waals surface area contributed by atoms with E-state index in [9.17, 15) is 37.7 Å². The van der Waals surface area contributed by atoms with Crippen LogP contribution in [0.2, 0.25) is 0 Å². The number of rotatable bonds is 13. The maximum absolute atomic E-state index is 15.3. The summed E-state index contributed by atoms with van der Waals surface area (Å²) < 4.78 is 65.8. The molecule has 0 radical (unpaired) electrons. The minimum absolute atomic E-state index is 0.0720. The standard InChI is InChI=1S/C36H35F2N7O8S/c1-20(2)53-33(48)28(11-5-22-6-12-30(40-17-22)45-32(47)21(3)18-44(4)35(45)50)42-31(46)25-15-27(38)29(16-26(25)37)43-54(51,52)24-9-7-23(8-10-24)41-34(49)36(19-39)13-14-36/h6-10,12,15-18,20,28,43H,5,11,13-14H2,1-4H3,(H,41,49)(H,42,46)/t28-/m0/s1. The van der Waals surface area contributed by atoms with E-state index in [1.165, 1.54) is 42.2 Å². The number of halogens is 2. The Morgan fingerprint density at radius 2 is 1.74 bits per heavy atom. The molecule has 282 valence electrons. The van der Waals surface area contributed by atoms with Crippen molar-refractivity contribution in [2.45, 2.75) is 63.5 Å². The summed E-state index contributed by atoms with van der Waals surface area (Å²) in [6.07, 6.45) is 3.09. The van der Waals surface area contributed by atoms with Gasteiger partial charge in [-0.15, -0.1) is 0 Å². The van der Waals surface area contributed by atoms with E-state index in [-0.39, 0.29) is 29.2 Å². The van der Waals surface area contributed by atoms with E-state index in [2.05, 4.69) is 15.6 Å². The number of pyridine rings is 1. The molecule has 1 aliphatic rings. The summed E-state index contributed by atoms with van der Waals surface area (Å²) in [6, 6.07) is 9.38. The van der Waals surface area contributed by atoms with E-state index in [0.29, 0.717) is 36.1 Å². The van der Waals surface area contributed by atoms with Gasteiger partial charge in [-0.2, -0.15) is 5.26 Å². The van der Waals surface area contributed by atoms with Gasteiger partial charge in [0.25, 0.3) is 21.5 Å². The van der Waals surface area contributed by atoms with Crippen molar-refractivity contribution >= 4 is 39.2 Å². The molecule has 0 bridgehead atoms. The number of aromatic nitrogens is 3. The van der Waals surface area contributed by atoms with Gasteiger partial charge in [-0.3, -0.25) is 19.1 Å². The number of aryl methyl sites for hydroxylation is 3. The number of hydrogen-bond acceptors (Lipinski definition) is 10. The average Bonchev–Trinajstić information content (AvgIpc) is 3.93. The summed E-state index contributed by atoms with van der Waals surface area (Å²) in [5, 5.41) is 14.1. The lowest BCUT2D eigenvalue weighted by Crippen LogP contribution is -2.43. The number of hydrogen-bond donors (Lipinski definition) is 3. The molecule has 1 saturated carbocycles. The number of carbonyl (C=O) groups excluding carboxylic acids is 3. The Hall–Kier alpha value is -6.22. The molecule has 2 aromatic heterocycles. The summed E-state index contributed by atoms with van der Waals surface area (Å²) >= 11 is 0. The number of sulfonamides is 1. The highest BCUT2D eigenvalue weighted by molar-refractivity contribution is 7.92. The molecule has 0 aliphatic heterocycles. The minimum atomic E-state index is -4.48. The Morgan fingerprint density at radius 1 is 1.06 bits per heavy atom. The van der Waals surface area contributed by atoms with Crippen LogP contribution in [0.5, 0.6) is 0 Å². The van der Waals surface area contributed by atoms with Crippen molar-refractivity contribution in [3.63, 3.8) is 0 Å². The number of anilines is 2. The summed E-state index contributed by atoms with van der Waals surface area (Å²) in [5.41, 5.74) is -2.76. The zero-order chi connectivity index (χ0) is 39.5. The number of esters is 1. The molecule has 18 heteroatoms. The Morgan fingerprint density at radius 3 is 2.33 bits per heavy atom. The number of nitriles is 1. The second-order valence-corrected chi connectivity index (χ2v) is 14.7. The predicted octanol–water partition coefficient (Wildman–Crippen LogP) is 3.24. The van der Waals surface area contributed by atoms with Crippen LogP contribution in [0.1, 0.15) is 54.6 Å². The van der Waals surface area contributed by atoms with Gasteiger partial charge in [0.15, 0.2) is 0 Å². The maximum atomic E-state index is 15.3. The van der Waals surface area contributed by atoms with E-state index in [0.717, 1.165) is 16.7 Å². The lowest BCUT2D eigenvalue weighted by atomic mass is 10.1. The summed E-state index contributed by atoms with van der Waals surface area (Å²) in [4.78, 5) is 67.4. The molecule has 2 amide bonds. The third-order valence-corrected chi connectivity index (χ3v) is 9.87. The number of carbonyl (C=O) groups is 3. The first-order valence-corrected chi connectivity index (χ1v) is 18.0. The molecule has 2 aromatic carbocycles. The van der Waals surface area contributed by atoms with Crippen molar-refractivity contribution in [1.82, 2.24) is 19.4 Å². The largest absolute Gasteiger partial charge is 0.461 e. The smallest absolute Gasteiger partial charge is 0.336 e. The van der Waals surface area contributed by atoms with E-state index >= 15 is 8.78 Å². The van der Waals surface area contributed by atoms with Crippen LogP contribution < -0.4 is 26.6 Å². The topological polar surface area (TPSA) is 211 Å². The van der Waals surface area contributed by atoms with Gasteiger partial charge in [0, 0.05) is 36.8 Å². The maximum Gasteiger partial charge on any atom is 0.336 e. The fourth-order valence-electron chi connectivity index (χ4n) is 5.32. The highest BCUT2D eigenvalue weighted by Gasteiger charge is 2.50. The van der Waals surface area contributed by atoms with Crippen molar-refractivity contribution in [3.05, 3.63) is 110 Å². The molecule has 1 aliphatic carbocycles. The first kappa shape index (κ1) is 39.0. The van der Waals surface area contributed by atoms with Gasteiger partial charge in [0.2, 0.25) is 5.91 Å². The molecule has 0 unspecified atom stereocenters. The van der Waals surface area contributed by atoms with Gasteiger partial charge < -0.3 is 19.9 Å². The Bertz CT molecular complexity index is 2370.